The number of fused-ring (bicyclic) bond motifs is 3. The van der Waals surface area contributed by atoms with Gasteiger partial charge in [-0.15, -0.1) is 0 Å². The quantitative estimate of drug-likeness (QED) is 0.0631. The molecule has 0 radical (unpaired) electrons. The van der Waals surface area contributed by atoms with Gasteiger partial charge in [0.1, 0.15) is 13.2 Å². The molecule has 0 unspecified atom stereocenters. The molecule has 0 N–H and O–H groups in total. The highest BCUT2D eigenvalue weighted by Gasteiger charge is 2.95. The molecule has 1 aliphatic carbocycles. The van der Waals surface area contributed by atoms with E-state index in [4.69, 9.17) is 9.31 Å². The average Bonchev–Trinajstić information content (AvgIpc) is 3.65. The summed E-state index contributed by atoms with van der Waals surface area (Å²) in [5.74, 6) is -97.2. The third-order valence-corrected chi connectivity index (χ3v) is 13.5. The van der Waals surface area contributed by atoms with Crippen LogP contribution in [0.15, 0.2) is 40.9 Å². The van der Waals surface area contributed by atoms with E-state index >= 15 is 0 Å². The number of halogens is 31. The molecule has 4 nitrogen and oxygen atoms in total. The highest BCUT2D eigenvalue weighted by atomic mass is 79.9. The van der Waals surface area contributed by atoms with E-state index in [1.807, 2.05) is 0 Å². The van der Waals surface area contributed by atoms with Gasteiger partial charge in [-0.3, -0.25) is 0 Å². The predicted octanol–water partition coefficient (Wildman–Crippen LogP) is 15.4. The lowest BCUT2D eigenvalue weighted by atomic mass is 9.69. The van der Waals surface area contributed by atoms with Crippen LogP contribution in [0.3, 0.4) is 0 Å². The van der Waals surface area contributed by atoms with Gasteiger partial charge in [0.2, 0.25) is 0 Å². The van der Waals surface area contributed by atoms with Crippen molar-refractivity contribution in [2.45, 2.75) is 153 Å². The van der Waals surface area contributed by atoms with Crippen LogP contribution < -0.4 is 5.46 Å². The lowest BCUT2D eigenvalue weighted by molar-refractivity contribution is -0.453. The molecule has 2 aromatic carbocycles. The largest absolute Gasteiger partial charge is 0.494 e. The van der Waals surface area contributed by atoms with E-state index in [2.05, 4.69) is 25.4 Å². The molecular formula is C41H34BBrF30O4. The number of ether oxygens (including phenoxy) is 2. The normalized spacial score (nSPS) is 18.5. The smallest absolute Gasteiger partial charge is 0.399 e. The maximum atomic E-state index is 14.7. The molecule has 4 rings (SSSR count). The van der Waals surface area contributed by atoms with Crippen molar-refractivity contribution in [3.8, 4) is 11.1 Å². The second kappa shape index (κ2) is 19.7. The number of hydrogen-bond donors (Lipinski definition) is 0. The number of hydrogen-bond acceptors (Lipinski definition) is 4. The molecule has 1 saturated heterocycles. The Labute approximate surface area is 421 Å². The second-order valence-electron chi connectivity index (χ2n) is 18.6. The van der Waals surface area contributed by atoms with Gasteiger partial charge in [-0.05, 0) is 93.2 Å². The van der Waals surface area contributed by atoms with Crippen LogP contribution in [-0.2, 0) is 24.2 Å². The van der Waals surface area contributed by atoms with Crippen molar-refractivity contribution in [1.29, 1.82) is 0 Å². The Morgan fingerprint density at radius 2 is 0.714 bits per heavy atom. The van der Waals surface area contributed by atoms with Gasteiger partial charge in [-0.2, -0.15) is 132 Å². The third-order valence-electron chi connectivity index (χ3n) is 13.0. The molecule has 1 aliphatic heterocycles. The fourth-order valence-electron chi connectivity index (χ4n) is 7.81. The standard InChI is InChI=1S/C41H34BBrF30O4/c1-25(2)26(3,4)77-42(76-25)19-7-9-21-22-10-8-20(43)16-24(22)27(23(21)15-19,11-5-13-74-17-28(44,45)30(48,49)32(52,53)34(56,57)36(60,61)38(64,65)40(68,69)70)12-6-14-75-18-29(46,47)31(50,51)33(54,55)35(58,59)37(62,63)39(66,67)41(71,72)73/h7-10,15-16H,5-6,11-14,17-18H2,1-4H3. The van der Waals surface area contributed by atoms with Gasteiger partial charge < -0.3 is 18.8 Å². The SMILES string of the molecule is CC1(C)OB(c2ccc3c(c2)C(CCCOCC(F)(F)C(F)(F)C(F)(F)C(F)(F)C(F)(F)C(F)(F)C(F)(F)F)(CCCOCC(F)(F)C(F)(F)C(F)(F)C(F)(F)C(F)(F)C(F)(F)C(F)(F)F)c2cc(Br)ccc2-3)OC1(C)C. The van der Waals surface area contributed by atoms with Crippen LogP contribution in [0.4, 0.5) is 132 Å². The van der Waals surface area contributed by atoms with Gasteiger partial charge in [0, 0.05) is 23.1 Å². The topological polar surface area (TPSA) is 36.9 Å². The van der Waals surface area contributed by atoms with Gasteiger partial charge in [-0.1, -0.05) is 40.2 Å². The Balaban J connectivity index is 1.68. The minimum absolute atomic E-state index is 0.0449. The fourth-order valence-corrected chi connectivity index (χ4v) is 8.17. The lowest BCUT2D eigenvalue weighted by Crippen LogP contribution is -2.73. The van der Waals surface area contributed by atoms with Crippen molar-refractivity contribution in [3.63, 3.8) is 0 Å². The van der Waals surface area contributed by atoms with E-state index in [1.54, 1.807) is 27.7 Å². The first kappa shape index (κ1) is 66.2. The Morgan fingerprint density at radius 1 is 0.416 bits per heavy atom. The Hall–Kier alpha value is -3.28. The monoisotopic (exact) mass is 1250 g/mol. The molecule has 0 aromatic heterocycles. The minimum atomic E-state index is -8.60. The van der Waals surface area contributed by atoms with E-state index in [1.165, 1.54) is 36.4 Å². The van der Waals surface area contributed by atoms with Crippen molar-refractivity contribution in [2.75, 3.05) is 26.4 Å². The Morgan fingerprint density at radius 3 is 1.05 bits per heavy atom. The third kappa shape index (κ3) is 10.1. The summed E-state index contributed by atoms with van der Waals surface area (Å²) in [6.45, 7) is -3.00. The van der Waals surface area contributed by atoms with Crippen molar-refractivity contribution < 1.29 is 150 Å². The summed E-state index contributed by atoms with van der Waals surface area (Å²) in [6, 6.07) is 8.17. The molecule has 1 heterocycles. The molecule has 1 fully saturated rings. The number of alkyl halides is 30. The van der Waals surface area contributed by atoms with Crippen LogP contribution in [-0.4, -0.2) is 128 Å². The zero-order chi connectivity index (χ0) is 60.3. The van der Waals surface area contributed by atoms with Crippen molar-refractivity contribution >= 4 is 28.5 Å². The Kier molecular flexibility index (Phi) is 17.0. The lowest BCUT2D eigenvalue weighted by Gasteiger charge is -2.41. The van der Waals surface area contributed by atoms with Gasteiger partial charge in [-0.25, -0.2) is 0 Å². The zero-order valence-corrected chi connectivity index (χ0v) is 40.1. The summed E-state index contributed by atoms with van der Waals surface area (Å²) < 4.78 is 434. The van der Waals surface area contributed by atoms with Crippen molar-refractivity contribution in [1.82, 2.24) is 0 Å². The van der Waals surface area contributed by atoms with Crippen LogP contribution in [0.1, 0.15) is 64.5 Å². The molecule has 0 bridgehead atoms. The summed E-state index contributed by atoms with van der Waals surface area (Å²) in [5, 5.41) is 0. The first-order valence-electron chi connectivity index (χ1n) is 21.1. The number of rotatable bonds is 23. The molecule has 442 valence electrons. The van der Waals surface area contributed by atoms with Crippen molar-refractivity contribution in [2.24, 2.45) is 0 Å². The highest BCUT2D eigenvalue weighted by molar-refractivity contribution is 9.10. The molecule has 77 heavy (non-hydrogen) atoms. The average molecular weight is 1250 g/mol. The van der Waals surface area contributed by atoms with Gasteiger partial charge in [0.05, 0.1) is 11.2 Å². The van der Waals surface area contributed by atoms with Crippen LogP contribution >= 0.6 is 15.9 Å². The van der Waals surface area contributed by atoms with Crippen LogP contribution in [0, 0.1) is 0 Å². The molecule has 2 aromatic rings. The van der Waals surface area contributed by atoms with E-state index in [-0.39, 0.29) is 32.2 Å². The highest BCUT2D eigenvalue weighted by Crippen LogP contribution is 2.65. The first-order valence-corrected chi connectivity index (χ1v) is 21.9. The molecule has 0 spiro atoms. The fraction of sp³-hybridized carbons (Fsp3) is 0.707. The molecule has 0 saturated carbocycles. The second-order valence-corrected chi connectivity index (χ2v) is 19.5. The van der Waals surface area contributed by atoms with Gasteiger partial charge >= 0.3 is 90.5 Å². The van der Waals surface area contributed by atoms with Crippen LogP contribution in [0.2, 0.25) is 0 Å². The van der Waals surface area contributed by atoms with Gasteiger partial charge in [0.15, 0.2) is 0 Å². The maximum Gasteiger partial charge on any atom is 0.494 e. The summed E-state index contributed by atoms with van der Waals surface area (Å²) in [6.07, 6.45) is -18.9. The summed E-state index contributed by atoms with van der Waals surface area (Å²) in [7, 11) is -1.27. The van der Waals surface area contributed by atoms with E-state index < -0.39 is 159 Å². The van der Waals surface area contributed by atoms with E-state index in [0.29, 0.717) is 0 Å². The molecular weight excluding hydrogens is 1220 g/mol. The summed E-state index contributed by atoms with van der Waals surface area (Å²) >= 11 is 3.13. The molecule has 36 heteroatoms. The molecule has 0 atom stereocenters. The minimum Gasteiger partial charge on any atom is -0.399 e. The van der Waals surface area contributed by atoms with Crippen LogP contribution in [0.5, 0.6) is 0 Å². The first-order chi connectivity index (χ1) is 33.9. The summed E-state index contributed by atoms with van der Waals surface area (Å²) in [5.41, 5.74) is -3.37. The maximum absolute atomic E-state index is 14.7. The van der Waals surface area contributed by atoms with E-state index in [0.717, 1.165) is 0 Å². The van der Waals surface area contributed by atoms with Gasteiger partial charge in [0.25, 0.3) is 0 Å². The van der Waals surface area contributed by atoms with E-state index in [9.17, 15) is 132 Å². The predicted molar refractivity (Wildman–Crippen MR) is 208 cm³/mol. The zero-order valence-electron chi connectivity index (χ0n) is 38.5. The molecule has 2 aliphatic rings. The molecule has 0 amide bonds. The Bertz CT molecular complexity index is 2340. The van der Waals surface area contributed by atoms with Crippen molar-refractivity contribution in [3.05, 3.63) is 52.0 Å². The number of benzene rings is 2. The van der Waals surface area contributed by atoms with Crippen LogP contribution in [0.25, 0.3) is 11.1 Å². The summed E-state index contributed by atoms with van der Waals surface area (Å²) in [4.78, 5) is 0.